The first kappa shape index (κ1) is 34.5. The van der Waals surface area contributed by atoms with Crippen LogP contribution < -0.4 is 5.32 Å². The van der Waals surface area contributed by atoms with Crippen LogP contribution >= 0.6 is 0 Å². The number of ether oxygens (including phenoxy) is 1. The lowest BCUT2D eigenvalue weighted by Gasteiger charge is -2.40. The maximum absolute atomic E-state index is 13.2. The largest absolute Gasteiger partial charge is 0.394 e. The molecule has 1 fully saturated rings. The van der Waals surface area contributed by atoms with Gasteiger partial charge in [0.25, 0.3) is 0 Å². The minimum atomic E-state index is -1.59. The number of aromatic amines is 2. The van der Waals surface area contributed by atoms with Crippen LogP contribution in [-0.2, 0) is 9.53 Å². The number of hydrogen-bond acceptors (Lipinski definition) is 8. The summed E-state index contributed by atoms with van der Waals surface area (Å²) >= 11 is 0. The summed E-state index contributed by atoms with van der Waals surface area (Å²) in [7, 11) is 0. The first-order valence-electron chi connectivity index (χ1n) is 16.7. The SMILES string of the molecule is C=Cc1c(C)c2cc3nc(c(C)c4cc(C)c(cc5nc(cc1[nH]2)C(C)=C5CC)[nH]4)C(CCC(=O)N[C@H]1C(O)O[C@H](CO)[C@@H](O)[C@@H]1O)=C3C. The van der Waals surface area contributed by atoms with Crippen molar-refractivity contribution in [2.45, 2.75) is 91.4 Å². The van der Waals surface area contributed by atoms with Crippen LogP contribution in [0.4, 0.5) is 0 Å². The van der Waals surface area contributed by atoms with Crippen molar-refractivity contribution in [3.8, 4) is 0 Å². The van der Waals surface area contributed by atoms with Gasteiger partial charge < -0.3 is 40.4 Å². The minimum Gasteiger partial charge on any atom is -0.394 e. The number of amides is 1. The molecule has 1 amide bonds. The molecule has 0 aliphatic carbocycles. The van der Waals surface area contributed by atoms with Gasteiger partial charge in [-0.05, 0) is 111 Å². The molecule has 3 aromatic rings. The molecule has 0 radical (unpaired) electrons. The molecule has 0 saturated carbocycles. The van der Waals surface area contributed by atoms with Gasteiger partial charge in [0.1, 0.15) is 24.4 Å². The van der Waals surface area contributed by atoms with Crippen molar-refractivity contribution in [1.82, 2.24) is 25.3 Å². The summed E-state index contributed by atoms with van der Waals surface area (Å²) in [4.78, 5) is 30.6. The normalized spacial score (nSPS) is 22.5. The van der Waals surface area contributed by atoms with E-state index in [2.05, 4.69) is 67.8 Å². The highest BCUT2D eigenvalue weighted by Gasteiger charge is 2.44. The second-order valence-corrected chi connectivity index (χ2v) is 13.1. The number of carbonyl (C=O) groups excluding carboxylic acids is 1. The monoisotopic (exact) mass is 667 g/mol. The van der Waals surface area contributed by atoms with Crippen LogP contribution in [0, 0.1) is 20.8 Å². The average Bonchev–Trinajstić information content (AvgIpc) is 3.78. The summed E-state index contributed by atoms with van der Waals surface area (Å²) in [6.45, 7) is 15.9. The molecule has 11 heteroatoms. The van der Waals surface area contributed by atoms with Gasteiger partial charge in [-0.25, -0.2) is 9.97 Å². The number of hydrogen-bond donors (Lipinski definition) is 7. The van der Waals surface area contributed by atoms with E-state index in [1.165, 1.54) is 5.57 Å². The Hall–Kier alpha value is -4.39. The lowest BCUT2D eigenvalue weighted by molar-refractivity contribution is -0.253. The van der Waals surface area contributed by atoms with E-state index >= 15 is 0 Å². The highest BCUT2D eigenvalue weighted by molar-refractivity contribution is 5.96. The summed E-state index contributed by atoms with van der Waals surface area (Å²) < 4.78 is 5.21. The van der Waals surface area contributed by atoms with Crippen molar-refractivity contribution >= 4 is 56.3 Å². The number of aliphatic hydroxyl groups is 4. The van der Waals surface area contributed by atoms with E-state index in [1.54, 1.807) is 0 Å². The molecule has 6 heterocycles. The third-order valence-corrected chi connectivity index (χ3v) is 10.2. The fourth-order valence-corrected chi connectivity index (χ4v) is 7.08. The minimum absolute atomic E-state index is 0.0235. The van der Waals surface area contributed by atoms with Crippen LogP contribution in [0.2, 0.25) is 0 Å². The molecule has 3 aliphatic heterocycles. The van der Waals surface area contributed by atoms with Crippen molar-refractivity contribution in [2.75, 3.05) is 6.61 Å². The first-order chi connectivity index (χ1) is 23.4. The van der Waals surface area contributed by atoms with Crippen molar-refractivity contribution in [1.29, 1.82) is 0 Å². The van der Waals surface area contributed by atoms with Crippen LogP contribution in [0.25, 0.3) is 50.4 Å². The van der Waals surface area contributed by atoms with E-state index < -0.39 is 43.2 Å². The summed E-state index contributed by atoms with van der Waals surface area (Å²) in [5.74, 6) is -0.443. The summed E-state index contributed by atoms with van der Waals surface area (Å²) in [5, 5.41) is 43.2. The van der Waals surface area contributed by atoms with Crippen LogP contribution in [0.15, 0.2) is 30.8 Å². The van der Waals surface area contributed by atoms with E-state index in [1.807, 2.05) is 26.0 Å². The Kier molecular flexibility index (Phi) is 9.49. The van der Waals surface area contributed by atoms with Gasteiger partial charge >= 0.3 is 0 Å². The number of H-pyrrole nitrogens is 2. The Bertz CT molecular complexity index is 2070. The molecule has 1 unspecified atom stereocenters. The molecule has 0 aromatic carbocycles. The fraction of sp³-hybridized carbons (Fsp3) is 0.395. The fourth-order valence-electron chi connectivity index (χ4n) is 7.08. The summed E-state index contributed by atoms with van der Waals surface area (Å²) in [6, 6.07) is 7.06. The van der Waals surface area contributed by atoms with Gasteiger partial charge in [0, 0.05) is 34.1 Å². The molecular weight excluding hydrogens is 622 g/mol. The number of allylic oxidation sites excluding steroid dienone is 4. The quantitative estimate of drug-likeness (QED) is 0.187. The Morgan fingerprint density at radius 2 is 1.51 bits per heavy atom. The number of rotatable bonds is 7. The molecule has 3 aromatic heterocycles. The zero-order chi connectivity index (χ0) is 35.3. The van der Waals surface area contributed by atoms with E-state index in [0.29, 0.717) is 6.42 Å². The second kappa shape index (κ2) is 13.5. The topological polar surface area (TPSA) is 177 Å². The smallest absolute Gasteiger partial charge is 0.220 e. The number of nitrogens with one attached hydrogen (secondary N) is 3. The highest BCUT2D eigenvalue weighted by atomic mass is 16.6. The van der Waals surface area contributed by atoms with Crippen molar-refractivity contribution in [3.63, 3.8) is 0 Å². The van der Waals surface area contributed by atoms with Crippen LogP contribution in [0.1, 0.15) is 85.1 Å². The first-order valence-corrected chi connectivity index (χ1v) is 16.7. The number of carbonyl (C=O) groups is 1. The third kappa shape index (κ3) is 6.17. The van der Waals surface area contributed by atoms with Crippen molar-refractivity contribution in [2.24, 2.45) is 0 Å². The number of aliphatic hydroxyl groups excluding tert-OH is 4. The average molecular weight is 668 g/mol. The second-order valence-electron chi connectivity index (χ2n) is 13.1. The summed E-state index contributed by atoms with van der Waals surface area (Å²) in [6.07, 6.45) is -2.69. The lowest BCUT2D eigenvalue weighted by atomic mass is 9.96. The Balaban J connectivity index is 1.47. The molecule has 258 valence electrons. The molecular formula is C38H45N5O6. The molecule has 3 aliphatic rings. The molecule has 7 N–H and O–H groups in total. The lowest BCUT2D eigenvalue weighted by Crippen LogP contribution is -2.64. The van der Waals surface area contributed by atoms with Crippen LogP contribution in [0.5, 0.6) is 0 Å². The van der Waals surface area contributed by atoms with Gasteiger partial charge in [0.2, 0.25) is 5.91 Å². The zero-order valence-corrected chi connectivity index (χ0v) is 28.8. The highest BCUT2D eigenvalue weighted by Crippen LogP contribution is 2.37. The molecule has 11 nitrogen and oxygen atoms in total. The van der Waals surface area contributed by atoms with Gasteiger partial charge in [-0.3, -0.25) is 4.79 Å². The van der Waals surface area contributed by atoms with Gasteiger partial charge in [0.15, 0.2) is 6.29 Å². The molecule has 49 heavy (non-hydrogen) atoms. The van der Waals surface area contributed by atoms with E-state index in [-0.39, 0.29) is 6.42 Å². The molecule has 8 bridgehead atoms. The number of nitrogens with zero attached hydrogens (tertiary/aromatic N) is 2. The predicted molar refractivity (Wildman–Crippen MR) is 192 cm³/mol. The van der Waals surface area contributed by atoms with Gasteiger partial charge in [-0.2, -0.15) is 0 Å². The van der Waals surface area contributed by atoms with E-state index in [0.717, 1.165) is 90.2 Å². The number of aryl methyl sites for hydroxylation is 3. The third-order valence-electron chi connectivity index (χ3n) is 10.2. The van der Waals surface area contributed by atoms with Crippen LogP contribution in [-0.4, -0.2) is 83.5 Å². The van der Waals surface area contributed by atoms with Crippen molar-refractivity contribution < 1.29 is 30.0 Å². The van der Waals surface area contributed by atoms with Crippen LogP contribution in [0.3, 0.4) is 0 Å². The Morgan fingerprint density at radius 3 is 2.20 bits per heavy atom. The van der Waals surface area contributed by atoms with Gasteiger partial charge in [-0.15, -0.1) is 0 Å². The molecule has 5 atom stereocenters. The molecule has 0 spiro atoms. The number of fused-ring (bicyclic) bond motifs is 8. The summed E-state index contributed by atoms with van der Waals surface area (Å²) in [5.41, 5.74) is 15.2. The van der Waals surface area contributed by atoms with Gasteiger partial charge in [-0.1, -0.05) is 19.6 Å². The van der Waals surface area contributed by atoms with Gasteiger partial charge in [0.05, 0.1) is 29.4 Å². The number of aromatic nitrogens is 4. The van der Waals surface area contributed by atoms with E-state index in [9.17, 15) is 25.2 Å². The van der Waals surface area contributed by atoms with Crippen molar-refractivity contribution in [3.05, 3.63) is 75.9 Å². The van der Waals surface area contributed by atoms with E-state index in [4.69, 9.17) is 14.7 Å². The Labute approximate surface area is 285 Å². The predicted octanol–water partition coefficient (Wildman–Crippen LogP) is 4.85. The zero-order valence-electron chi connectivity index (χ0n) is 28.8. The molecule has 1 saturated heterocycles. The maximum Gasteiger partial charge on any atom is 0.220 e. The molecule has 6 rings (SSSR count). The Morgan fingerprint density at radius 1 is 0.878 bits per heavy atom. The standard InChI is InChI=1S/C38H45N5O6/c1-8-22-19(5)28-15-31-23(9-2)18(4)27(40-31)14-29-20(6)24(10-11-33(45)43-35-37(47)36(46)32(16-44)49-38(35)48)34(42-29)21(7)26-12-17(3)25(39-26)13-30(22)41-28/h9,12-15,32,35-40,44,46-48H,2,8,10-11,16H2,1,3-7H3,(H,43,45)/t32-,35-,36-,37-,38?/m1/s1. The maximum atomic E-state index is 13.2.